The van der Waals surface area contributed by atoms with Gasteiger partial charge >= 0.3 is 0 Å². The van der Waals surface area contributed by atoms with E-state index in [9.17, 15) is 0 Å². The lowest BCUT2D eigenvalue weighted by Gasteiger charge is -2.07. The lowest BCUT2D eigenvalue weighted by atomic mass is 10.5. The first-order chi connectivity index (χ1) is 5.11. The molecule has 1 aromatic rings. The van der Waals surface area contributed by atoms with E-state index in [1.165, 1.54) is 0 Å². The molecule has 0 saturated carbocycles. The molecule has 0 aliphatic rings. The summed E-state index contributed by atoms with van der Waals surface area (Å²) in [5.74, 6) is 1.97. The van der Waals surface area contributed by atoms with Gasteiger partial charge in [0.05, 0.1) is 0 Å². The predicted molar refractivity (Wildman–Crippen MR) is 47.2 cm³/mol. The molecule has 1 rings (SSSR count). The van der Waals surface area contributed by atoms with E-state index in [1.807, 2.05) is 44.1 Å². The Morgan fingerprint density at radius 2 is 1.82 bits per heavy atom. The summed E-state index contributed by atoms with van der Waals surface area (Å²) in [6, 6.07) is 2.00. The first kappa shape index (κ1) is 7.91. The summed E-state index contributed by atoms with van der Waals surface area (Å²) in [5, 5.41) is 7.02. The SMILES string of the molecule is CN(C)c1cc(N(C)C)[nH]n1. The fraction of sp³-hybridized carbons (Fsp3) is 0.571. The molecule has 0 fully saturated rings. The molecule has 0 aliphatic carbocycles. The number of nitrogens with one attached hydrogen (secondary N) is 1. The summed E-state index contributed by atoms with van der Waals surface area (Å²) in [6.45, 7) is 0. The standard InChI is InChI=1S/C7H14N4/c1-10(2)6-5-7(9-8-6)11(3)4/h5H,1-4H3,(H,8,9). The second-order valence-electron chi connectivity index (χ2n) is 2.90. The Balaban J connectivity index is 2.82. The lowest BCUT2D eigenvalue weighted by Crippen LogP contribution is -2.09. The van der Waals surface area contributed by atoms with Gasteiger partial charge in [0, 0.05) is 34.3 Å². The van der Waals surface area contributed by atoms with E-state index in [1.54, 1.807) is 0 Å². The Bertz CT molecular complexity index is 204. The average Bonchev–Trinajstić information content (AvgIpc) is 2.33. The van der Waals surface area contributed by atoms with Gasteiger partial charge < -0.3 is 9.80 Å². The van der Waals surface area contributed by atoms with Crippen molar-refractivity contribution in [2.75, 3.05) is 38.0 Å². The van der Waals surface area contributed by atoms with Crippen LogP contribution in [0.1, 0.15) is 0 Å². The smallest absolute Gasteiger partial charge is 0.152 e. The van der Waals surface area contributed by atoms with E-state index in [0.717, 1.165) is 11.6 Å². The third kappa shape index (κ3) is 1.63. The van der Waals surface area contributed by atoms with Crippen LogP contribution in [-0.4, -0.2) is 38.4 Å². The van der Waals surface area contributed by atoms with Gasteiger partial charge in [0.15, 0.2) is 5.82 Å². The molecular formula is C7H14N4. The van der Waals surface area contributed by atoms with Crippen molar-refractivity contribution in [3.8, 4) is 0 Å². The van der Waals surface area contributed by atoms with Gasteiger partial charge in [-0.15, -0.1) is 0 Å². The molecule has 1 heterocycles. The third-order valence-corrected chi connectivity index (χ3v) is 1.49. The summed E-state index contributed by atoms with van der Waals surface area (Å²) in [6.07, 6.45) is 0. The first-order valence-electron chi connectivity index (χ1n) is 3.51. The number of aromatic nitrogens is 2. The van der Waals surface area contributed by atoms with E-state index in [-0.39, 0.29) is 0 Å². The van der Waals surface area contributed by atoms with E-state index < -0.39 is 0 Å². The molecule has 0 saturated heterocycles. The molecule has 1 aromatic heterocycles. The van der Waals surface area contributed by atoms with Gasteiger partial charge in [-0.05, 0) is 0 Å². The molecule has 0 bridgehead atoms. The van der Waals surface area contributed by atoms with Gasteiger partial charge in [0.25, 0.3) is 0 Å². The van der Waals surface area contributed by atoms with Gasteiger partial charge in [-0.2, -0.15) is 5.10 Å². The summed E-state index contributed by atoms with van der Waals surface area (Å²) in [4.78, 5) is 3.95. The number of H-pyrrole nitrogens is 1. The highest BCUT2D eigenvalue weighted by molar-refractivity contribution is 5.49. The van der Waals surface area contributed by atoms with Crippen LogP contribution < -0.4 is 9.80 Å². The van der Waals surface area contributed by atoms with Crippen LogP contribution >= 0.6 is 0 Å². The van der Waals surface area contributed by atoms with Gasteiger partial charge in [0.2, 0.25) is 0 Å². The normalized spacial score (nSPS) is 9.82. The van der Waals surface area contributed by atoms with Crippen LogP contribution in [0, 0.1) is 0 Å². The maximum atomic E-state index is 4.10. The highest BCUT2D eigenvalue weighted by Crippen LogP contribution is 2.13. The van der Waals surface area contributed by atoms with Crippen molar-refractivity contribution in [2.45, 2.75) is 0 Å². The van der Waals surface area contributed by atoms with Crippen LogP contribution in [0.25, 0.3) is 0 Å². The summed E-state index contributed by atoms with van der Waals surface area (Å²) in [5.41, 5.74) is 0. The fourth-order valence-corrected chi connectivity index (χ4v) is 0.760. The van der Waals surface area contributed by atoms with Gasteiger partial charge in [0.1, 0.15) is 5.82 Å². The highest BCUT2D eigenvalue weighted by atomic mass is 15.3. The van der Waals surface area contributed by atoms with E-state index in [2.05, 4.69) is 10.2 Å². The predicted octanol–water partition coefficient (Wildman–Crippen LogP) is 0.542. The third-order valence-electron chi connectivity index (χ3n) is 1.49. The molecule has 1 N–H and O–H groups in total. The Morgan fingerprint density at radius 3 is 2.09 bits per heavy atom. The van der Waals surface area contributed by atoms with Crippen molar-refractivity contribution in [2.24, 2.45) is 0 Å². The van der Waals surface area contributed by atoms with Crippen LogP contribution in [0.2, 0.25) is 0 Å². The summed E-state index contributed by atoms with van der Waals surface area (Å²) in [7, 11) is 7.89. The van der Waals surface area contributed by atoms with E-state index in [0.29, 0.717) is 0 Å². The Morgan fingerprint density at radius 1 is 1.18 bits per heavy atom. The number of hydrogen-bond acceptors (Lipinski definition) is 3. The van der Waals surface area contributed by atoms with Crippen molar-refractivity contribution >= 4 is 11.6 Å². The number of aromatic amines is 1. The van der Waals surface area contributed by atoms with Crippen LogP contribution in [0.4, 0.5) is 11.6 Å². The van der Waals surface area contributed by atoms with Crippen molar-refractivity contribution < 1.29 is 0 Å². The lowest BCUT2D eigenvalue weighted by molar-refractivity contribution is 0.985. The minimum atomic E-state index is 0.953. The quantitative estimate of drug-likeness (QED) is 0.675. The zero-order valence-electron chi connectivity index (χ0n) is 7.42. The average molecular weight is 154 g/mol. The molecule has 11 heavy (non-hydrogen) atoms. The number of hydrogen-bond donors (Lipinski definition) is 1. The molecule has 0 atom stereocenters. The first-order valence-corrected chi connectivity index (χ1v) is 3.51. The van der Waals surface area contributed by atoms with Crippen LogP contribution in [0.3, 0.4) is 0 Å². The van der Waals surface area contributed by atoms with Crippen molar-refractivity contribution in [3.63, 3.8) is 0 Å². The molecule has 0 amide bonds. The Labute approximate surface area is 66.8 Å². The molecule has 0 radical (unpaired) electrons. The summed E-state index contributed by atoms with van der Waals surface area (Å²) >= 11 is 0. The molecule has 0 aliphatic heterocycles. The Kier molecular flexibility index (Phi) is 2.03. The maximum absolute atomic E-state index is 4.10. The molecule has 0 spiro atoms. The molecular weight excluding hydrogens is 140 g/mol. The largest absolute Gasteiger partial charge is 0.363 e. The number of rotatable bonds is 2. The zero-order valence-corrected chi connectivity index (χ0v) is 7.42. The van der Waals surface area contributed by atoms with Crippen molar-refractivity contribution in [1.29, 1.82) is 0 Å². The van der Waals surface area contributed by atoms with E-state index >= 15 is 0 Å². The molecule has 0 unspecified atom stereocenters. The Hall–Kier alpha value is -1.19. The van der Waals surface area contributed by atoms with Crippen LogP contribution in [-0.2, 0) is 0 Å². The van der Waals surface area contributed by atoms with Crippen LogP contribution in [0.5, 0.6) is 0 Å². The molecule has 4 nitrogen and oxygen atoms in total. The van der Waals surface area contributed by atoms with Gasteiger partial charge in [-0.25, -0.2) is 0 Å². The molecule has 0 aromatic carbocycles. The molecule has 62 valence electrons. The molecule has 4 heteroatoms. The number of anilines is 2. The minimum absolute atomic E-state index is 0.953. The van der Waals surface area contributed by atoms with Crippen molar-refractivity contribution in [1.82, 2.24) is 10.2 Å². The second-order valence-corrected chi connectivity index (χ2v) is 2.90. The summed E-state index contributed by atoms with van der Waals surface area (Å²) < 4.78 is 0. The second kappa shape index (κ2) is 2.82. The highest BCUT2D eigenvalue weighted by Gasteiger charge is 2.02. The number of nitrogens with zero attached hydrogens (tertiary/aromatic N) is 3. The van der Waals surface area contributed by atoms with Gasteiger partial charge in [-0.3, -0.25) is 5.10 Å². The monoisotopic (exact) mass is 154 g/mol. The maximum Gasteiger partial charge on any atom is 0.152 e. The zero-order chi connectivity index (χ0) is 8.43. The van der Waals surface area contributed by atoms with Gasteiger partial charge in [-0.1, -0.05) is 0 Å². The van der Waals surface area contributed by atoms with Crippen LogP contribution in [0.15, 0.2) is 6.07 Å². The van der Waals surface area contributed by atoms with Crippen molar-refractivity contribution in [3.05, 3.63) is 6.07 Å². The van der Waals surface area contributed by atoms with E-state index in [4.69, 9.17) is 0 Å². The topological polar surface area (TPSA) is 35.2 Å². The minimum Gasteiger partial charge on any atom is -0.363 e. The fourth-order valence-electron chi connectivity index (χ4n) is 0.760.